The Balaban J connectivity index is 1.39. The van der Waals surface area contributed by atoms with Gasteiger partial charge in [-0.05, 0) is 36.4 Å². The van der Waals surface area contributed by atoms with Crippen LogP contribution in [0.1, 0.15) is 9.67 Å². The summed E-state index contributed by atoms with van der Waals surface area (Å²) in [4.78, 5) is 32.9. The van der Waals surface area contributed by atoms with Gasteiger partial charge in [0.25, 0.3) is 11.5 Å². The standard InChI is InChI=1S/C22H18FN3O2S/c23-14-5-7-15(8-6-14)25-9-11-26(12-10-25)22(28)19-13-17-20(29-19)16-3-1-2-4-18(16)24-21(17)27/h1-8,13H,9-12H2,(H,24,27). The summed E-state index contributed by atoms with van der Waals surface area (Å²) in [6, 6.07) is 15.8. The van der Waals surface area contributed by atoms with Crippen LogP contribution in [0.3, 0.4) is 0 Å². The molecule has 0 radical (unpaired) electrons. The van der Waals surface area contributed by atoms with Crippen LogP contribution < -0.4 is 10.5 Å². The second-order valence-corrected chi connectivity index (χ2v) is 8.16. The Kier molecular flexibility index (Phi) is 4.32. The van der Waals surface area contributed by atoms with E-state index in [4.69, 9.17) is 0 Å². The molecule has 2 aromatic heterocycles. The zero-order valence-electron chi connectivity index (χ0n) is 15.5. The monoisotopic (exact) mass is 407 g/mol. The minimum absolute atomic E-state index is 0.0477. The van der Waals surface area contributed by atoms with Crippen LogP contribution in [0.2, 0.25) is 0 Å². The van der Waals surface area contributed by atoms with E-state index in [9.17, 15) is 14.0 Å². The van der Waals surface area contributed by atoms with Gasteiger partial charge in [0.05, 0.1) is 10.3 Å². The molecule has 1 fully saturated rings. The lowest BCUT2D eigenvalue weighted by Crippen LogP contribution is -2.48. The molecule has 5 rings (SSSR count). The molecule has 0 unspecified atom stereocenters. The molecule has 0 atom stereocenters. The Morgan fingerprint density at radius 1 is 0.966 bits per heavy atom. The van der Waals surface area contributed by atoms with Gasteiger partial charge in [0.15, 0.2) is 0 Å². The molecular weight excluding hydrogens is 389 g/mol. The van der Waals surface area contributed by atoms with Gasteiger partial charge in [-0.1, -0.05) is 18.2 Å². The number of hydrogen-bond donors (Lipinski definition) is 1. The van der Waals surface area contributed by atoms with Crippen molar-refractivity contribution in [3.05, 3.63) is 75.6 Å². The van der Waals surface area contributed by atoms with Crippen LogP contribution in [0.4, 0.5) is 10.1 Å². The number of anilines is 1. The summed E-state index contributed by atoms with van der Waals surface area (Å²) in [5.74, 6) is -0.303. The molecule has 0 bridgehead atoms. The normalized spacial score (nSPS) is 14.7. The van der Waals surface area contributed by atoms with Gasteiger partial charge in [-0.2, -0.15) is 0 Å². The van der Waals surface area contributed by atoms with Gasteiger partial charge >= 0.3 is 0 Å². The van der Waals surface area contributed by atoms with Gasteiger partial charge in [0, 0.05) is 47.5 Å². The lowest BCUT2D eigenvalue weighted by Gasteiger charge is -2.36. The number of halogens is 1. The van der Waals surface area contributed by atoms with E-state index in [0.717, 1.165) is 21.3 Å². The number of hydrogen-bond acceptors (Lipinski definition) is 4. The lowest BCUT2D eigenvalue weighted by atomic mass is 10.2. The summed E-state index contributed by atoms with van der Waals surface area (Å²) >= 11 is 1.37. The summed E-state index contributed by atoms with van der Waals surface area (Å²) in [5.41, 5.74) is 1.56. The number of nitrogens with one attached hydrogen (secondary N) is 1. The third-order valence-corrected chi connectivity index (χ3v) is 6.52. The van der Waals surface area contributed by atoms with Gasteiger partial charge in [0.1, 0.15) is 5.82 Å². The van der Waals surface area contributed by atoms with Crippen molar-refractivity contribution >= 4 is 43.9 Å². The van der Waals surface area contributed by atoms with E-state index < -0.39 is 0 Å². The maximum atomic E-state index is 13.1. The summed E-state index contributed by atoms with van der Waals surface area (Å²) < 4.78 is 14.0. The third-order valence-electron chi connectivity index (χ3n) is 5.37. The van der Waals surface area contributed by atoms with E-state index in [1.54, 1.807) is 18.2 Å². The minimum atomic E-state index is -0.255. The number of fused-ring (bicyclic) bond motifs is 3. The molecule has 1 aliphatic rings. The first-order valence-corrected chi connectivity index (χ1v) is 10.3. The van der Waals surface area contributed by atoms with Crippen molar-refractivity contribution in [3.8, 4) is 0 Å². The fourth-order valence-electron chi connectivity index (χ4n) is 3.82. The van der Waals surface area contributed by atoms with Crippen LogP contribution in [0.15, 0.2) is 59.4 Å². The Bertz CT molecular complexity index is 1270. The van der Waals surface area contributed by atoms with Crippen LogP contribution in [-0.4, -0.2) is 42.0 Å². The highest BCUT2D eigenvalue weighted by Crippen LogP contribution is 2.30. The molecule has 5 nitrogen and oxygen atoms in total. The number of amides is 1. The fourth-order valence-corrected chi connectivity index (χ4v) is 4.98. The van der Waals surface area contributed by atoms with E-state index in [1.165, 1.54) is 23.5 Å². The number of rotatable bonds is 2. The van der Waals surface area contributed by atoms with Crippen LogP contribution >= 0.6 is 11.3 Å². The molecule has 146 valence electrons. The number of benzene rings is 2. The van der Waals surface area contributed by atoms with Crippen LogP contribution in [0, 0.1) is 5.82 Å². The van der Waals surface area contributed by atoms with Crippen molar-refractivity contribution in [1.29, 1.82) is 0 Å². The Hall–Kier alpha value is -3.19. The Morgan fingerprint density at radius 3 is 2.45 bits per heavy atom. The van der Waals surface area contributed by atoms with E-state index in [2.05, 4.69) is 9.88 Å². The van der Waals surface area contributed by atoms with Gasteiger partial charge in [-0.15, -0.1) is 11.3 Å². The highest BCUT2D eigenvalue weighted by atomic mass is 32.1. The van der Waals surface area contributed by atoms with Crippen LogP contribution in [0.5, 0.6) is 0 Å². The zero-order chi connectivity index (χ0) is 20.0. The number of para-hydroxylation sites is 1. The summed E-state index contributed by atoms with van der Waals surface area (Å²) in [5, 5.41) is 1.51. The quantitative estimate of drug-likeness (QED) is 0.549. The molecular formula is C22H18FN3O2S. The van der Waals surface area contributed by atoms with Crippen molar-refractivity contribution in [1.82, 2.24) is 9.88 Å². The van der Waals surface area contributed by atoms with Crippen molar-refractivity contribution in [2.75, 3.05) is 31.1 Å². The maximum Gasteiger partial charge on any atom is 0.264 e. The summed E-state index contributed by atoms with van der Waals surface area (Å²) in [6.07, 6.45) is 0. The predicted octanol–water partition coefficient (Wildman–Crippen LogP) is 3.84. The van der Waals surface area contributed by atoms with E-state index >= 15 is 0 Å². The average Bonchev–Trinajstić information content (AvgIpc) is 3.21. The Labute approximate surface area is 170 Å². The highest BCUT2D eigenvalue weighted by Gasteiger charge is 2.24. The largest absolute Gasteiger partial charge is 0.368 e. The van der Waals surface area contributed by atoms with Gasteiger partial charge in [-0.25, -0.2) is 4.39 Å². The second-order valence-electron chi connectivity index (χ2n) is 7.11. The molecule has 1 amide bonds. The van der Waals surface area contributed by atoms with E-state index in [1.807, 2.05) is 29.2 Å². The smallest absolute Gasteiger partial charge is 0.264 e. The molecule has 1 N–H and O–H groups in total. The van der Waals surface area contributed by atoms with Crippen molar-refractivity contribution < 1.29 is 9.18 Å². The highest BCUT2D eigenvalue weighted by molar-refractivity contribution is 7.21. The van der Waals surface area contributed by atoms with Gasteiger partial charge in [-0.3, -0.25) is 9.59 Å². The number of carbonyl (C=O) groups excluding carboxylic acids is 1. The third kappa shape index (κ3) is 3.17. The number of H-pyrrole nitrogens is 1. The number of nitrogens with zero attached hydrogens (tertiary/aromatic N) is 2. The molecule has 4 aromatic rings. The molecule has 0 aliphatic carbocycles. The lowest BCUT2D eigenvalue weighted by molar-refractivity contribution is 0.0752. The van der Waals surface area contributed by atoms with Crippen LogP contribution in [-0.2, 0) is 0 Å². The maximum absolute atomic E-state index is 13.1. The minimum Gasteiger partial charge on any atom is -0.368 e. The fraction of sp³-hybridized carbons (Fsp3) is 0.182. The molecule has 3 heterocycles. The van der Waals surface area contributed by atoms with Crippen molar-refractivity contribution in [2.45, 2.75) is 0 Å². The summed E-state index contributed by atoms with van der Waals surface area (Å²) in [7, 11) is 0. The van der Waals surface area contributed by atoms with E-state index in [-0.39, 0.29) is 17.3 Å². The van der Waals surface area contributed by atoms with Crippen molar-refractivity contribution in [3.63, 3.8) is 0 Å². The first kappa shape index (κ1) is 17.9. The molecule has 7 heteroatoms. The average molecular weight is 407 g/mol. The van der Waals surface area contributed by atoms with Gasteiger partial charge in [0.2, 0.25) is 0 Å². The molecule has 1 aliphatic heterocycles. The first-order chi connectivity index (χ1) is 14.1. The number of aromatic amines is 1. The Morgan fingerprint density at radius 2 is 1.69 bits per heavy atom. The zero-order valence-corrected chi connectivity index (χ0v) is 16.3. The molecule has 0 saturated carbocycles. The van der Waals surface area contributed by atoms with Gasteiger partial charge < -0.3 is 14.8 Å². The summed E-state index contributed by atoms with van der Waals surface area (Å²) in [6.45, 7) is 2.54. The van der Waals surface area contributed by atoms with Crippen molar-refractivity contribution in [2.24, 2.45) is 0 Å². The molecule has 29 heavy (non-hydrogen) atoms. The number of pyridine rings is 1. The number of thiophene rings is 1. The first-order valence-electron chi connectivity index (χ1n) is 9.44. The predicted molar refractivity (Wildman–Crippen MR) is 114 cm³/mol. The molecule has 1 saturated heterocycles. The second kappa shape index (κ2) is 7.00. The number of carbonyl (C=O) groups is 1. The van der Waals surface area contributed by atoms with E-state index in [0.29, 0.717) is 36.4 Å². The topological polar surface area (TPSA) is 56.4 Å². The SMILES string of the molecule is O=C(c1cc2c(=O)[nH]c3ccccc3c2s1)N1CCN(c2ccc(F)cc2)CC1. The van der Waals surface area contributed by atoms with Crippen LogP contribution in [0.25, 0.3) is 21.0 Å². The molecule has 2 aromatic carbocycles. The number of aromatic nitrogens is 1. The molecule has 0 spiro atoms. The number of piperazine rings is 1.